The van der Waals surface area contributed by atoms with Crippen molar-refractivity contribution < 1.29 is 14.3 Å². The van der Waals surface area contributed by atoms with Crippen LogP contribution in [0.3, 0.4) is 0 Å². The molecule has 0 saturated heterocycles. The van der Waals surface area contributed by atoms with E-state index in [1.165, 1.54) is 6.20 Å². The second kappa shape index (κ2) is 9.67. The number of ether oxygens (including phenoxy) is 1. The normalized spacial score (nSPS) is 11.0. The average Bonchev–Trinajstić information content (AvgIpc) is 2.84. The Labute approximate surface area is 198 Å². The van der Waals surface area contributed by atoms with Crippen LogP contribution in [0.15, 0.2) is 91.4 Å². The number of aromatic nitrogens is 2. The van der Waals surface area contributed by atoms with E-state index in [1.807, 2.05) is 48.5 Å². The quantitative estimate of drug-likeness (QED) is 0.375. The number of hydrogen-bond acceptors (Lipinski definition) is 5. The Balaban J connectivity index is 1.64. The van der Waals surface area contributed by atoms with Crippen molar-refractivity contribution in [3.63, 3.8) is 0 Å². The van der Waals surface area contributed by atoms with Crippen molar-refractivity contribution >= 4 is 17.6 Å². The van der Waals surface area contributed by atoms with Crippen LogP contribution < -0.4 is 5.32 Å². The molecule has 34 heavy (non-hydrogen) atoms. The van der Waals surface area contributed by atoms with Gasteiger partial charge < -0.3 is 10.1 Å². The Kier molecular flexibility index (Phi) is 6.50. The van der Waals surface area contributed by atoms with Crippen molar-refractivity contribution in [2.75, 3.05) is 5.32 Å². The lowest BCUT2D eigenvalue weighted by Crippen LogP contribution is -2.25. The molecule has 0 aliphatic carbocycles. The van der Waals surface area contributed by atoms with E-state index in [0.717, 1.165) is 22.4 Å². The van der Waals surface area contributed by atoms with Gasteiger partial charge in [0.25, 0.3) is 5.91 Å². The lowest BCUT2D eigenvalue weighted by atomic mass is 10.0. The molecule has 6 nitrogen and oxygen atoms in total. The third-order valence-corrected chi connectivity index (χ3v) is 5.00. The highest BCUT2D eigenvalue weighted by molar-refractivity contribution is 6.08. The summed E-state index contributed by atoms with van der Waals surface area (Å²) in [4.78, 5) is 34.3. The molecule has 170 valence electrons. The smallest absolute Gasteiger partial charge is 0.340 e. The van der Waals surface area contributed by atoms with E-state index in [9.17, 15) is 9.59 Å². The average molecular weight is 452 g/mol. The fourth-order valence-corrected chi connectivity index (χ4v) is 3.39. The van der Waals surface area contributed by atoms with Gasteiger partial charge in [-0.2, -0.15) is 0 Å². The van der Waals surface area contributed by atoms with Gasteiger partial charge in [0.1, 0.15) is 5.60 Å². The van der Waals surface area contributed by atoms with Crippen LogP contribution in [0.1, 0.15) is 41.5 Å². The van der Waals surface area contributed by atoms with Crippen molar-refractivity contribution in [1.82, 2.24) is 9.97 Å². The first-order valence-corrected chi connectivity index (χ1v) is 10.9. The summed E-state index contributed by atoms with van der Waals surface area (Å²) in [5.41, 5.74) is 3.85. The molecule has 1 N–H and O–H groups in total. The van der Waals surface area contributed by atoms with Crippen LogP contribution in [-0.2, 0) is 4.74 Å². The summed E-state index contributed by atoms with van der Waals surface area (Å²) >= 11 is 0. The molecule has 6 heteroatoms. The number of anilines is 1. The van der Waals surface area contributed by atoms with E-state index >= 15 is 0 Å². The van der Waals surface area contributed by atoms with E-state index in [0.29, 0.717) is 11.3 Å². The number of hydrogen-bond donors (Lipinski definition) is 1. The highest BCUT2D eigenvalue weighted by atomic mass is 16.6. The van der Waals surface area contributed by atoms with Crippen LogP contribution >= 0.6 is 0 Å². The number of carbonyl (C=O) groups excluding carboxylic acids is 2. The lowest BCUT2D eigenvalue weighted by Gasteiger charge is -2.21. The first-order valence-electron chi connectivity index (χ1n) is 10.9. The first-order chi connectivity index (χ1) is 16.3. The number of rotatable bonds is 5. The topological polar surface area (TPSA) is 81.2 Å². The highest BCUT2D eigenvalue weighted by Crippen LogP contribution is 2.28. The van der Waals surface area contributed by atoms with Gasteiger partial charge in [0.15, 0.2) is 0 Å². The minimum atomic E-state index is -0.664. The number of amides is 1. The van der Waals surface area contributed by atoms with Gasteiger partial charge in [-0.1, -0.05) is 36.4 Å². The van der Waals surface area contributed by atoms with E-state index in [1.54, 1.807) is 57.4 Å². The third-order valence-electron chi connectivity index (χ3n) is 5.00. The minimum Gasteiger partial charge on any atom is -0.456 e. The molecule has 1 amide bonds. The Morgan fingerprint density at radius 2 is 1.56 bits per heavy atom. The van der Waals surface area contributed by atoms with E-state index < -0.39 is 11.6 Å². The lowest BCUT2D eigenvalue weighted by molar-refractivity contribution is 0.00708. The molecule has 4 aromatic rings. The zero-order chi connectivity index (χ0) is 24.1. The summed E-state index contributed by atoms with van der Waals surface area (Å²) in [6, 6.07) is 22.2. The van der Waals surface area contributed by atoms with Gasteiger partial charge in [-0.15, -0.1) is 0 Å². The van der Waals surface area contributed by atoms with Crippen LogP contribution in [0.2, 0.25) is 0 Å². The van der Waals surface area contributed by atoms with Gasteiger partial charge in [0.05, 0.1) is 22.5 Å². The predicted molar refractivity (Wildman–Crippen MR) is 132 cm³/mol. The Morgan fingerprint density at radius 3 is 2.21 bits per heavy atom. The number of carbonyl (C=O) groups is 2. The van der Waals surface area contributed by atoms with Crippen molar-refractivity contribution in [3.8, 4) is 22.4 Å². The zero-order valence-corrected chi connectivity index (χ0v) is 19.3. The second-order valence-electron chi connectivity index (χ2n) is 8.75. The van der Waals surface area contributed by atoms with Crippen LogP contribution in [0.4, 0.5) is 5.69 Å². The largest absolute Gasteiger partial charge is 0.456 e. The maximum atomic E-state index is 13.1. The Hall–Kier alpha value is -4.32. The van der Waals surface area contributed by atoms with Gasteiger partial charge in [-0.25, -0.2) is 4.79 Å². The molecule has 0 spiro atoms. The zero-order valence-electron chi connectivity index (χ0n) is 19.3. The number of pyridine rings is 2. The maximum Gasteiger partial charge on any atom is 0.340 e. The van der Waals surface area contributed by atoms with Gasteiger partial charge in [-0.3, -0.25) is 14.8 Å². The van der Waals surface area contributed by atoms with Crippen molar-refractivity contribution in [2.24, 2.45) is 0 Å². The van der Waals surface area contributed by atoms with E-state index in [2.05, 4.69) is 15.3 Å². The molecule has 2 aromatic carbocycles. The van der Waals surface area contributed by atoms with Gasteiger partial charge >= 0.3 is 5.97 Å². The molecule has 2 aromatic heterocycles. The first kappa shape index (κ1) is 22.9. The Morgan fingerprint density at radius 1 is 0.824 bits per heavy atom. The van der Waals surface area contributed by atoms with Crippen molar-refractivity contribution in [3.05, 3.63) is 103 Å². The molecule has 0 aliphatic rings. The van der Waals surface area contributed by atoms with Gasteiger partial charge in [-0.05, 0) is 68.3 Å². The molecule has 0 atom stereocenters. The standard InChI is InChI=1S/C28H25N3O3/c1-28(2,3)34-27(33)23-11-9-21(19-7-5-4-6-8-19)17-25(23)31-26(32)22-10-12-24(30-18-22)20-13-15-29-16-14-20/h4-18H,1-3H3,(H,31,32). The molecule has 4 rings (SSSR count). The van der Waals surface area contributed by atoms with E-state index in [4.69, 9.17) is 4.74 Å². The molecule has 0 fully saturated rings. The fourth-order valence-electron chi connectivity index (χ4n) is 3.39. The van der Waals surface area contributed by atoms with Crippen LogP contribution in [-0.4, -0.2) is 27.4 Å². The van der Waals surface area contributed by atoms with Crippen LogP contribution in [0.5, 0.6) is 0 Å². The van der Waals surface area contributed by atoms with Gasteiger partial charge in [0.2, 0.25) is 0 Å². The molecular weight excluding hydrogens is 426 g/mol. The molecule has 0 unspecified atom stereocenters. The molecule has 0 aliphatic heterocycles. The summed E-state index contributed by atoms with van der Waals surface area (Å²) in [5.74, 6) is -0.877. The molecule has 0 saturated carbocycles. The molecule has 0 bridgehead atoms. The fraction of sp³-hybridized carbons (Fsp3) is 0.143. The SMILES string of the molecule is CC(C)(C)OC(=O)c1ccc(-c2ccccc2)cc1NC(=O)c1ccc(-c2ccncc2)nc1. The van der Waals surface area contributed by atoms with Gasteiger partial charge in [0, 0.05) is 24.2 Å². The third kappa shape index (κ3) is 5.53. The van der Waals surface area contributed by atoms with E-state index in [-0.39, 0.29) is 11.5 Å². The van der Waals surface area contributed by atoms with Crippen molar-refractivity contribution in [2.45, 2.75) is 26.4 Å². The number of nitrogens with one attached hydrogen (secondary N) is 1. The molecular formula is C28H25N3O3. The minimum absolute atomic E-state index is 0.282. The summed E-state index contributed by atoms with van der Waals surface area (Å²) in [7, 11) is 0. The Bertz CT molecular complexity index is 1300. The number of nitrogens with zero attached hydrogens (tertiary/aromatic N) is 2. The maximum absolute atomic E-state index is 13.1. The highest BCUT2D eigenvalue weighted by Gasteiger charge is 2.22. The van der Waals surface area contributed by atoms with Crippen LogP contribution in [0, 0.1) is 0 Å². The summed E-state index contributed by atoms with van der Waals surface area (Å²) < 4.78 is 5.55. The summed E-state index contributed by atoms with van der Waals surface area (Å²) in [6.07, 6.45) is 4.89. The second-order valence-corrected chi connectivity index (χ2v) is 8.75. The summed E-state index contributed by atoms with van der Waals surface area (Å²) in [5, 5.41) is 2.87. The number of esters is 1. The molecule has 2 heterocycles. The van der Waals surface area contributed by atoms with Crippen molar-refractivity contribution in [1.29, 1.82) is 0 Å². The van der Waals surface area contributed by atoms with Crippen LogP contribution in [0.25, 0.3) is 22.4 Å². The molecule has 0 radical (unpaired) electrons. The predicted octanol–water partition coefficient (Wildman–Crippen LogP) is 6.02. The monoisotopic (exact) mass is 451 g/mol. The summed E-state index contributed by atoms with van der Waals surface area (Å²) in [6.45, 7) is 5.41. The number of benzene rings is 2.